The highest BCUT2D eigenvalue weighted by Gasteiger charge is 2.41. The molecular weight excluding hydrogens is 527 g/mol. The van der Waals surface area contributed by atoms with Gasteiger partial charge in [-0.15, -0.1) is 0 Å². The van der Waals surface area contributed by atoms with Crippen LogP contribution in [-0.4, -0.2) is 82.4 Å². The summed E-state index contributed by atoms with van der Waals surface area (Å²) in [5.74, 6) is -1.18. The number of likely N-dealkylation sites (N-methyl/N-ethyl adjacent to an activating group) is 1. The zero-order valence-electron chi connectivity index (χ0n) is 22.8. The Morgan fingerprint density at radius 3 is 2.71 bits per heavy atom. The van der Waals surface area contributed by atoms with E-state index in [0.29, 0.717) is 39.9 Å². The number of carboxylic acid groups (broad SMARTS) is 1. The Hall–Kier alpha value is -4.71. The number of nitrogens with zero attached hydrogens (tertiary/aromatic N) is 5. The molecule has 0 saturated carbocycles. The molecule has 6 heterocycles. The van der Waals surface area contributed by atoms with Gasteiger partial charge in [0, 0.05) is 68.3 Å². The zero-order chi connectivity index (χ0) is 28.6. The number of nitrogens with one attached hydrogen (secondary N) is 3. The van der Waals surface area contributed by atoms with Crippen LogP contribution < -0.4 is 21.1 Å². The Morgan fingerprint density at radius 2 is 1.98 bits per heavy atom. The molecule has 1 aromatic carbocycles. The number of benzene rings is 1. The molecule has 2 saturated heterocycles. The second kappa shape index (κ2) is 9.16. The number of likely N-dealkylation sites (tertiary alicyclic amines) is 1. The fourth-order valence-electron chi connectivity index (χ4n) is 6.68. The van der Waals surface area contributed by atoms with Gasteiger partial charge in [0.1, 0.15) is 17.0 Å². The monoisotopic (exact) mass is 556 g/mol. The van der Waals surface area contributed by atoms with Crippen LogP contribution in [0.2, 0.25) is 0 Å². The molecule has 0 radical (unpaired) electrons. The molecule has 11 nitrogen and oxygen atoms in total. The number of halogens is 1. The number of aromatic amines is 1. The number of fused-ring (bicyclic) bond motifs is 5. The van der Waals surface area contributed by atoms with Crippen molar-refractivity contribution < 1.29 is 14.3 Å². The van der Waals surface area contributed by atoms with Gasteiger partial charge in [0.2, 0.25) is 5.43 Å². The van der Waals surface area contributed by atoms with E-state index < -0.39 is 11.4 Å². The maximum absolute atomic E-state index is 14.9. The van der Waals surface area contributed by atoms with Crippen LogP contribution in [0.4, 0.5) is 15.8 Å². The molecule has 0 spiro atoms. The first-order chi connectivity index (χ1) is 19.8. The highest BCUT2D eigenvalue weighted by atomic mass is 19.1. The van der Waals surface area contributed by atoms with Crippen LogP contribution >= 0.6 is 0 Å². The average Bonchev–Trinajstić information content (AvgIpc) is 3.66. The number of hydrogen-bond acceptors (Lipinski definition) is 8. The van der Waals surface area contributed by atoms with Gasteiger partial charge >= 0.3 is 5.97 Å². The molecular formula is C29H29FN8O3. The van der Waals surface area contributed by atoms with Gasteiger partial charge < -0.3 is 30.6 Å². The van der Waals surface area contributed by atoms with Crippen LogP contribution in [0.5, 0.6) is 0 Å². The number of H-pyrrole nitrogens is 1. The third-order valence-electron chi connectivity index (χ3n) is 8.70. The standard InChI is InChI=1S/C29H29FN8O3/c1-31-21-8-16(30)7-17-23-25(37-11-14-4-5-36(3)22(14)13-37)19(10-33-27(23)35-24(17)21)15-6-18-26(39)20(29(40)41)12-38(32-2)28(18)34-9-15/h6-10,12,14,22,31-32H,4-5,11,13H2,1-3H3,(H,33,35)(H,40,41)/t14?,22-/m1/s1. The quantitative estimate of drug-likeness (QED) is 0.258. The minimum absolute atomic E-state index is 0.170. The first-order valence-corrected chi connectivity index (χ1v) is 13.5. The fourth-order valence-corrected chi connectivity index (χ4v) is 6.68. The van der Waals surface area contributed by atoms with Crippen molar-refractivity contribution in [3.05, 3.63) is 58.4 Å². The molecule has 5 aromatic rings. The first kappa shape index (κ1) is 25.3. The van der Waals surface area contributed by atoms with Gasteiger partial charge in [0.15, 0.2) is 5.65 Å². The zero-order valence-corrected chi connectivity index (χ0v) is 22.8. The summed E-state index contributed by atoms with van der Waals surface area (Å²) in [6.07, 6.45) is 5.76. The second-order valence-electron chi connectivity index (χ2n) is 10.9. The van der Waals surface area contributed by atoms with Crippen molar-refractivity contribution in [2.45, 2.75) is 12.5 Å². The average molecular weight is 557 g/mol. The summed E-state index contributed by atoms with van der Waals surface area (Å²) in [4.78, 5) is 42.5. The van der Waals surface area contributed by atoms with Crippen LogP contribution in [0, 0.1) is 11.7 Å². The van der Waals surface area contributed by atoms with Crippen molar-refractivity contribution in [2.75, 3.05) is 56.4 Å². The molecule has 210 valence electrons. The van der Waals surface area contributed by atoms with Gasteiger partial charge in [0.25, 0.3) is 0 Å². The normalized spacial score (nSPS) is 19.0. The molecule has 2 aliphatic heterocycles. The number of anilines is 2. The van der Waals surface area contributed by atoms with Crippen molar-refractivity contribution in [3.63, 3.8) is 0 Å². The lowest BCUT2D eigenvalue weighted by molar-refractivity contribution is 0.0695. The summed E-state index contributed by atoms with van der Waals surface area (Å²) in [5.41, 5.74) is 6.47. The Kier molecular flexibility index (Phi) is 5.65. The molecule has 2 aliphatic rings. The third kappa shape index (κ3) is 3.74. The number of aromatic carboxylic acids is 1. The molecule has 4 N–H and O–H groups in total. The van der Waals surface area contributed by atoms with E-state index in [4.69, 9.17) is 4.98 Å². The molecule has 0 bridgehead atoms. The fraction of sp³-hybridized carbons (Fsp3) is 0.310. The topological polar surface area (TPSA) is 131 Å². The molecule has 41 heavy (non-hydrogen) atoms. The Labute approximate surface area is 233 Å². The van der Waals surface area contributed by atoms with Gasteiger partial charge in [-0.05, 0) is 44.1 Å². The van der Waals surface area contributed by atoms with Crippen molar-refractivity contribution >= 4 is 50.3 Å². The Balaban J connectivity index is 1.52. The lowest BCUT2D eigenvalue weighted by Crippen LogP contribution is -2.32. The summed E-state index contributed by atoms with van der Waals surface area (Å²) < 4.78 is 16.3. The molecule has 2 atom stereocenters. The molecule has 0 amide bonds. The molecule has 12 heteroatoms. The van der Waals surface area contributed by atoms with Crippen LogP contribution in [0.15, 0.2) is 41.6 Å². The van der Waals surface area contributed by atoms with Crippen molar-refractivity contribution in [2.24, 2.45) is 5.92 Å². The van der Waals surface area contributed by atoms with Crippen molar-refractivity contribution in [1.29, 1.82) is 0 Å². The Morgan fingerprint density at radius 1 is 1.15 bits per heavy atom. The van der Waals surface area contributed by atoms with Crippen LogP contribution in [0.3, 0.4) is 0 Å². The van der Waals surface area contributed by atoms with E-state index in [1.807, 2.05) is 0 Å². The maximum Gasteiger partial charge on any atom is 0.341 e. The molecule has 4 aromatic heterocycles. The van der Waals surface area contributed by atoms with E-state index in [-0.39, 0.29) is 16.8 Å². The van der Waals surface area contributed by atoms with Gasteiger partial charge in [0.05, 0.1) is 27.7 Å². The second-order valence-corrected chi connectivity index (χ2v) is 10.9. The number of carbonyl (C=O) groups is 1. The number of carboxylic acids is 1. The minimum atomic E-state index is -1.32. The van der Waals surface area contributed by atoms with Crippen LogP contribution in [0.25, 0.3) is 44.1 Å². The third-order valence-corrected chi connectivity index (χ3v) is 8.70. The van der Waals surface area contributed by atoms with E-state index in [0.717, 1.165) is 48.2 Å². The van der Waals surface area contributed by atoms with Gasteiger partial charge in [-0.2, -0.15) is 0 Å². The number of rotatable bonds is 5. The molecule has 2 fully saturated rings. The lowest BCUT2D eigenvalue weighted by atomic mass is 10.0. The maximum atomic E-state index is 14.9. The summed E-state index contributed by atoms with van der Waals surface area (Å²) in [6, 6.07) is 5.05. The summed E-state index contributed by atoms with van der Waals surface area (Å²) >= 11 is 0. The number of hydrogen-bond donors (Lipinski definition) is 4. The van der Waals surface area contributed by atoms with Crippen molar-refractivity contribution in [1.82, 2.24) is 24.5 Å². The van der Waals surface area contributed by atoms with E-state index >= 15 is 0 Å². The summed E-state index contributed by atoms with van der Waals surface area (Å²) in [6.45, 7) is 2.69. The predicted octanol–water partition coefficient (Wildman–Crippen LogP) is 3.29. The van der Waals surface area contributed by atoms with Gasteiger partial charge in [-0.3, -0.25) is 4.79 Å². The number of aromatic nitrogens is 4. The highest BCUT2D eigenvalue weighted by molar-refractivity contribution is 6.18. The smallest absolute Gasteiger partial charge is 0.341 e. The van der Waals surface area contributed by atoms with E-state index in [1.165, 1.54) is 23.0 Å². The van der Waals surface area contributed by atoms with Gasteiger partial charge in [-0.1, -0.05) is 0 Å². The SMILES string of the molecule is CNc1cc(F)cc2c1[nH]c1ncc(-c3cnc4c(c3)c(=O)c(C(=O)O)cn4NC)c(N3CC4CCN(C)[C@@H]4C3)c12. The number of pyridine rings is 3. The van der Waals surface area contributed by atoms with Gasteiger partial charge in [-0.25, -0.2) is 23.8 Å². The first-order valence-electron chi connectivity index (χ1n) is 13.5. The lowest BCUT2D eigenvalue weighted by Gasteiger charge is -2.25. The summed E-state index contributed by atoms with van der Waals surface area (Å²) in [5, 5.41) is 14.4. The highest BCUT2D eigenvalue weighted by Crippen LogP contribution is 2.45. The molecule has 1 unspecified atom stereocenters. The van der Waals surface area contributed by atoms with Crippen LogP contribution in [0.1, 0.15) is 16.8 Å². The largest absolute Gasteiger partial charge is 0.477 e. The molecule has 7 rings (SSSR count). The Bertz CT molecular complexity index is 1950. The molecule has 0 aliphatic carbocycles. The van der Waals surface area contributed by atoms with E-state index in [2.05, 4.69) is 37.6 Å². The summed E-state index contributed by atoms with van der Waals surface area (Å²) in [7, 11) is 5.52. The van der Waals surface area contributed by atoms with E-state index in [9.17, 15) is 19.1 Å². The minimum Gasteiger partial charge on any atom is -0.477 e. The predicted molar refractivity (Wildman–Crippen MR) is 157 cm³/mol. The van der Waals surface area contributed by atoms with E-state index in [1.54, 1.807) is 32.6 Å². The van der Waals surface area contributed by atoms with Crippen molar-refractivity contribution in [3.8, 4) is 11.1 Å². The van der Waals surface area contributed by atoms with Crippen LogP contribution in [-0.2, 0) is 0 Å².